The van der Waals surface area contributed by atoms with E-state index < -0.39 is 6.04 Å². The monoisotopic (exact) mass is 533 g/mol. The van der Waals surface area contributed by atoms with Crippen LogP contribution in [0.2, 0.25) is 0 Å². The van der Waals surface area contributed by atoms with Crippen molar-refractivity contribution in [3.8, 4) is 0 Å². The molecule has 40 heavy (non-hydrogen) atoms. The topological polar surface area (TPSA) is 92.6 Å². The van der Waals surface area contributed by atoms with E-state index >= 15 is 0 Å². The SMILES string of the molecule is Cc1ccc(C)c2[nH]c(=O)c([C@H](c3nnnn3C3CCCCC3)N(Cc3ccccc3)Cc3cccnc3)cc12. The Morgan fingerprint density at radius 3 is 2.48 bits per heavy atom. The lowest BCUT2D eigenvalue weighted by atomic mass is 9.94. The highest BCUT2D eigenvalue weighted by Crippen LogP contribution is 2.35. The van der Waals surface area contributed by atoms with Crippen LogP contribution in [-0.4, -0.2) is 35.1 Å². The minimum atomic E-state index is -0.467. The second kappa shape index (κ2) is 11.5. The first kappa shape index (κ1) is 26.1. The molecule has 3 heterocycles. The minimum Gasteiger partial charge on any atom is -0.321 e. The Morgan fingerprint density at radius 1 is 0.950 bits per heavy atom. The van der Waals surface area contributed by atoms with E-state index in [-0.39, 0.29) is 11.6 Å². The number of hydrogen-bond donors (Lipinski definition) is 1. The number of hydrogen-bond acceptors (Lipinski definition) is 6. The molecule has 8 nitrogen and oxygen atoms in total. The van der Waals surface area contributed by atoms with Crippen molar-refractivity contribution in [2.75, 3.05) is 0 Å². The quantitative estimate of drug-likeness (QED) is 0.270. The van der Waals surface area contributed by atoms with Crippen molar-refractivity contribution < 1.29 is 0 Å². The zero-order valence-corrected chi connectivity index (χ0v) is 23.1. The molecule has 1 fully saturated rings. The van der Waals surface area contributed by atoms with E-state index in [0.717, 1.165) is 58.8 Å². The lowest BCUT2D eigenvalue weighted by Crippen LogP contribution is -2.35. The smallest absolute Gasteiger partial charge is 0.253 e. The lowest BCUT2D eigenvalue weighted by molar-refractivity contribution is 0.186. The van der Waals surface area contributed by atoms with Crippen LogP contribution in [0.4, 0.5) is 0 Å². The van der Waals surface area contributed by atoms with Crippen LogP contribution in [0.25, 0.3) is 10.9 Å². The number of aromatic nitrogens is 6. The van der Waals surface area contributed by atoms with Gasteiger partial charge in [0, 0.05) is 36.4 Å². The predicted octanol–water partition coefficient (Wildman–Crippen LogP) is 5.82. The molecule has 1 aliphatic rings. The van der Waals surface area contributed by atoms with Crippen LogP contribution in [0, 0.1) is 13.8 Å². The van der Waals surface area contributed by atoms with Gasteiger partial charge in [-0.3, -0.25) is 14.7 Å². The summed E-state index contributed by atoms with van der Waals surface area (Å²) < 4.78 is 2.00. The third-order valence-electron chi connectivity index (χ3n) is 8.15. The molecule has 0 saturated heterocycles. The summed E-state index contributed by atoms with van der Waals surface area (Å²) in [6.07, 6.45) is 9.31. The number of fused-ring (bicyclic) bond motifs is 1. The Hall–Kier alpha value is -4.17. The molecular weight excluding hydrogens is 498 g/mol. The molecule has 5 aromatic rings. The molecule has 0 bridgehead atoms. The number of pyridine rings is 2. The van der Waals surface area contributed by atoms with E-state index in [9.17, 15) is 4.79 Å². The molecule has 0 unspecified atom stereocenters. The Bertz CT molecular complexity index is 1600. The van der Waals surface area contributed by atoms with Gasteiger partial charge in [-0.25, -0.2) is 4.68 Å². The van der Waals surface area contributed by atoms with Crippen molar-refractivity contribution in [1.82, 2.24) is 35.1 Å². The van der Waals surface area contributed by atoms with Crippen LogP contribution in [0.1, 0.15) is 77.8 Å². The average Bonchev–Trinajstić information content (AvgIpc) is 3.47. The van der Waals surface area contributed by atoms with Crippen LogP contribution < -0.4 is 5.56 Å². The molecule has 0 amide bonds. The van der Waals surface area contributed by atoms with Crippen molar-refractivity contribution in [3.63, 3.8) is 0 Å². The highest BCUT2D eigenvalue weighted by atomic mass is 16.1. The van der Waals surface area contributed by atoms with Gasteiger partial charge in [0.1, 0.15) is 6.04 Å². The summed E-state index contributed by atoms with van der Waals surface area (Å²) in [6, 6.07) is 20.4. The molecule has 1 aliphatic carbocycles. The molecular formula is C32H35N7O. The molecule has 1 saturated carbocycles. The Balaban J connectivity index is 1.55. The van der Waals surface area contributed by atoms with Gasteiger partial charge in [-0.2, -0.15) is 0 Å². The van der Waals surface area contributed by atoms with Gasteiger partial charge in [-0.1, -0.05) is 67.8 Å². The van der Waals surface area contributed by atoms with Gasteiger partial charge in [0.05, 0.1) is 11.6 Å². The fourth-order valence-electron chi connectivity index (χ4n) is 6.04. The van der Waals surface area contributed by atoms with Gasteiger partial charge in [-0.15, -0.1) is 5.10 Å². The number of nitrogens with zero attached hydrogens (tertiary/aromatic N) is 6. The van der Waals surface area contributed by atoms with Gasteiger partial charge in [0.25, 0.3) is 5.56 Å². The molecule has 8 heteroatoms. The lowest BCUT2D eigenvalue weighted by Gasteiger charge is -2.33. The van der Waals surface area contributed by atoms with E-state index in [1.807, 2.05) is 42.1 Å². The van der Waals surface area contributed by atoms with Gasteiger partial charge in [-0.05, 0) is 71.5 Å². The summed E-state index contributed by atoms with van der Waals surface area (Å²) >= 11 is 0. The summed E-state index contributed by atoms with van der Waals surface area (Å²) in [4.78, 5) is 23.9. The maximum atomic E-state index is 14.0. The van der Waals surface area contributed by atoms with Gasteiger partial charge >= 0.3 is 0 Å². The predicted molar refractivity (Wildman–Crippen MR) is 156 cm³/mol. The number of aryl methyl sites for hydroxylation is 2. The maximum Gasteiger partial charge on any atom is 0.253 e. The fraction of sp³-hybridized carbons (Fsp3) is 0.344. The molecule has 0 aliphatic heterocycles. The Labute approximate surface area is 234 Å². The zero-order valence-electron chi connectivity index (χ0n) is 23.1. The Morgan fingerprint density at radius 2 is 1.70 bits per heavy atom. The number of nitrogens with one attached hydrogen (secondary N) is 1. The molecule has 1 N–H and O–H groups in total. The molecule has 204 valence electrons. The van der Waals surface area contributed by atoms with Crippen molar-refractivity contribution in [2.45, 2.75) is 71.1 Å². The normalized spacial score (nSPS) is 15.1. The van der Waals surface area contributed by atoms with E-state index in [4.69, 9.17) is 0 Å². The first-order chi connectivity index (χ1) is 19.6. The highest BCUT2D eigenvalue weighted by Gasteiger charge is 2.33. The van der Waals surface area contributed by atoms with Crippen LogP contribution >= 0.6 is 0 Å². The molecule has 6 rings (SSSR count). The average molecular weight is 534 g/mol. The standard InChI is InChI=1S/C32H35N7O/c1-22-15-16-23(2)29-27(22)18-28(32(40)34-29)30(31-35-36-37-39(31)26-13-7-4-8-14-26)38(20-24-10-5-3-6-11-24)21-25-12-9-17-33-19-25/h3,5-6,9-12,15-19,26,30H,4,7-8,13-14,20-21H2,1-2H3,(H,34,40)/t30-/m1/s1. The largest absolute Gasteiger partial charge is 0.321 e. The van der Waals surface area contributed by atoms with Crippen LogP contribution in [0.5, 0.6) is 0 Å². The summed E-state index contributed by atoms with van der Waals surface area (Å²) in [5.74, 6) is 0.710. The van der Waals surface area contributed by atoms with Crippen LogP contribution in [0.3, 0.4) is 0 Å². The molecule has 1 atom stereocenters. The highest BCUT2D eigenvalue weighted by molar-refractivity contribution is 5.85. The number of tetrazole rings is 1. The number of benzene rings is 2. The van der Waals surface area contributed by atoms with E-state index in [1.54, 1.807) is 6.20 Å². The first-order valence-corrected chi connectivity index (χ1v) is 14.2. The van der Waals surface area contributed by atoms with Crippen molar-refractivity contribution in [2.24, 2.45) is 0 Å². The minimum absolute atomic E-state index is 0.117. The third kappa shape index (κ3) is 5.31. The fourth-order valence-corrected chi connectivity index (χ4v) is 6.04. The van der Waals surface area contributed by atoms with Crippen molar-refractivity contribution in [3.05, 3.63) is 117 Å². The first-order valence-electron chi connectivity index (χ1n) is 14.2. The summed E-state index contributed by atoms with van der Waals surface area (Å²) in [6.45, 7) is 5.31. The van der Waals surface area contributed by atoms with Crippen LogP contribution in [0.15, 0.2) is 77.9 Å². The van der Waals surface area contributed by atoms with Crippen molar-refractivity contribution >= 4 is 10.9 Å². The van der Waals surface area contributed by atoms with E-state index in [1.165, 1.54) is 6.42 Å². The number of rotatable bonds is 8. The molecule has 0 radical (unpaired) electrons. The van der Waals surface area contributed by atoms with Gasteiger partial charge in [0.2, 0.25) is 0 Å². The summed E-state index contributed by atoms with van der Waals surface area (Å²) in [7, 11) is 0. The Kier molecular flexibility index (Phi) is 7.51. The second-order valence-electron chi connectivity index (χ2n) is 11.0. The maximum absolute atomic E-state index is 14.0. The zero-order chi connectivity index (χ0) is 27.5. The number of aromatic amines is 1. The molecule has 2 aromatic carbocycles. The van der Waals surface area contributed by atoms with E-state index in [2.05, 4.69) is 73.7 Å². The second-order valence-corrected chi connectivity index (χ2v) is 11.0. The molecule has 3 aromatic heterocycles. The van der Waals surface area contributed by atoms with Gasteiger partial charge < -0.3 is 4.98 Å². The third-order valence-corrected chi connectivity index (χ3v) is 8.15. The molecule has 0 spiro atoms. The summed E-state index contributed by atoms with van der Waals surface area (Å²) in [5, 5.41) is 14.4. The van der Waals surface area contributed by atoms with Crippen LogP contribution in [-0.2, 0) is 13.1 Å². The number of H-pyrrole nitrogens is 1. The van der Waals surface area contributed by atoms with Gasteiger partial charge in [0.15, 0.2) is 5.82 Å². The summed E-state index contributed by atoms with van der Waals surface area (Å²) in [5.41, 5.74) is 5.78. The van der Waals surface area contributed by atoms with E-state index in [0.29, 0.717) is 24.5 Å². The van der Waals surface area contributed by atoms with Crippen molar-refractivity contribution in [1.29, 1.82) is 0 Å².